The van der Waals surface area contributed by atoms with Crippen molar-refractivity contribution in [1.29, 1.82) is 0 Å². The number of amides is 2. The van der Waals surface area contributed by atoms with Gasteiger partial charge in [0, 0.05) is 52.9 Å². The van der Waals surface area contributed by atoms with Crippen LogP contribution >= 0.6 is 0 Å². The molecule has 222 valence electrons. The van der Waals surface area contributed by atoms with Crippen LogP contribution < -0.4 is 5.73 Å². The number of nitrogens with two attached hydrogens (primary N) is 1. The Bertz CT molecular complexity index is 2070. The molecular weight excluding hydrogens is 553 g/mol. The normalized spacial score (nSPS) is 23.6. The minimum atomic E-state index is -0.634. The van der Waals surface area contributed by atoms with E-state index >= 15 is 4.39 Å². The molecule has 8 heteroatoms. The van der Waals surface area contributed by atoms with E-state index in [0.717, 1.165) is 63.9 Å². The maximum Gasteiger partial charge on any atom is 0.255 e. The molecule has 4 heterocycles. The lowest BCUT2D eigenvalue weighted by atomic mass is 9.53. The third-order valence-corrected chi connectivity index (χ3v) is 11.1. The van der Waals surface area contributed by atoms with E-state index in [9.17, 15) is 9.59 Å². The van der Waals surface area contributed by atoms with Gasteiger partial charge in [-0.05, 0) is 111 Å². The van der Waals surface area contributed by atoms with Crippen LogP contribution in [0.2, 0.25) is 0 Å². The van der Waals surface area contributed by atoms with E-state index in [2.05, 4.69) is 22.5 Å². The smallest absolute Gasteiger partial charge is 0.255 e. The highest BCUT2D eigenvalue weighted by Crippen LogP contribution is 2.60. The fraction of sp³-hybridized carbons (Fsp3) is 0.361. The average Bonchev–Trinajstić information content (AvgIpc) is 3.67. The summed E-state index contributed by atoms with van der Waals surface area (Å²) >= 11 is 0. The average molecular weight is 588 g/mol. The summed E-state index contributed by atoms with van der Waals surface area (Å²) in [5.41, 5.74) is 13.2. The van der Waals surface area contributed by atoms with Crippen molar-refractivity contribution in [3.05, 3.63) is 82.8 Å². The molecule has 2 amide bonds. The third-order valence-electron chi connectivity index (χ3n) is 11.1. The Kier molecular flexibility index (Phi) is 5.34. The van der Waals surface area contributed by atoms with E-state index in [4.69, 9.17) is 10.8 Å². The Morgan fingerprint density at radius 3 is 2.59 bits per heavy atom. The summed E-state index contributed by atoms with van der Waals surface area (Å²) in [5, 5.41) is 6.12. The summed E-state index contributed by atoms with van der Waals surface area (Å²) in [5.74, 6) is 1.92. The van der Waals surface area contributed by atoms with Crippen molar-refractivity contribution in [1.82, 2.24) is 19.1 Å². The summed E-state index contributed by atoms with van der Waals surface area (Å²) in [4.78, 5) is 27.5. The van der Waals surface area contributed by atoms with Gasteiger partial charge in [-0.25, -0.2) is 8.91 Å². The number of pyridine rings is 1. The summed E-state index contributed by atoms with van der Waals surface area (Å²) in [6, 6.07) is 15.5. The quantitative estimate of drug-likeness (QED) is 0.251. The van der Waals surface area contributed by atoms with E-state index in [-0.39, 0.29) is 11.5 Å². The number of halogens is 1. The van der Waals surface area contributed by atoms with Gasteiger partial charge in [-0.15, -0.1) is 0 Å². The number of rotatable bonds is 6. The lowest BCUT2D eigenvalue weighted by molar-refractivity contribution is -0.0204. The van der Waals surface area contributed by atoms with Crippen molar-refractivity contribution in [2.24, 2.45) is 29.4 Å². The summed E-state index contributed by atoms with van der Waals surface area (Å²) in [6.07, 6.45) is 6.74. The molecule has 7 nitrogen and oxygen atoms in total. The number of benzene rings is 2. The topological polar surface area (TPSA) is 85.6 Å². The molecule has 1 saturated heterocycles. The number of primary amides is 1. The number of aromatic nitrogens is 3. The summed E-state index contributed by atoms with van der Waals surface area (Å²) in [7, 11) is 0. The Labute approximate surface area is 254 Å². The molecule has 3 aliphatic carbocycles. The van der Waals surface area contributed by atoms with Crippen LogP contribution in [0.25, 0.3) is 38.9 Å². The molecule has 44 heavy (non-hydrogen) atoms. The Balaban J connectivity index is 1.12. The van der Waals surface area contributed by atoms with Gasteiger partial charge in [0.1, 0.15) is 11.5 Å². The Morgan fingerprint density at radius 1 is 1.00 bits per heavy atom. The van der Waals surface area contributed by atoms with Crippen LogP contribution in [-0.4, -0.2) is 43.5 Å². The van der Waals surface area contributed by atoms with Gasteiger partial charge in [0.25, 0.3) is 5.91 Å². The molecule has 4 aliphatic rings. The number of carbonyl (C=O) groups excluding carboxylic acids is 2. The SMILES string of the molecule is Cc1cc(-c2ccc3cc(-c4nn5cc(C(=O)N6CC7CC8CC6[C@H]87)ccc5c4C)n(CC4CC4)c3c2)c(F)cc1C(N)=O. The molecule has 3 saturated carbocycles. The highest BCUT2D eigenvalue weighted by atomic mass is 19.1. The first-order valence-corrected chi connectivity index (χ1v) is 15.8. The zero-order chi connectivity index (χ0) is 30.0. The van der Waals surface area contributed by atoms with Crippen molar-refractivity contribution in [3.63, 3.8) is 0 Å². The first kappa shape index (κ1) is 26.0. The maximum atomic E-state index is 15.2. The van der Waals surface area contributed by atoms with Crippen molar-refractivity contribution in [2.45, 2.75) is 52.1 Å². The summed E-state index contributed by atoms with van der Waals surface area (Å²) < 4.78 is 19.4. The lowest BCUT2D eigenvalue weighted by Crippen LogP contribution is -2.53. The predicted octanol–water partition coefficient (Wildman–Crippen LogP) is 6.37. The zero-order valence-electron chi connectivity index (χ0n) is 24.9. The number of aryl methyl sites for hydroxylation is 2. The molecule has 0 spiro atoms. The van der Waals surface area contributed by atoms with Crippen LogP contribution in [-0.2, 0) is 6.54 Å². The lowest BCUT2D eigenvalue weighted by Gasteiger charge is -2.52. The third kappa shape index (κ3) is 3.69. The molecule has 3 unspecified atom stereocenters. The van der Waals surface area contributed by atoms with Crippen molar-refractivity contribution < 1.29 is 14.0 Å². The summed E-state index contributed by atoms with van der Waals surface area (Å²) in [6.45, 7) is 5.63. The second-order valence-corrected chi connectivity index (χ2v) is 13.7. The molecule has 5 aromatic rings. The monoisotopic (exact) mass is 587 g/mol. The molecule has 0 radical (unpaired) electrons. The Hall–Kier alpha value is -4.46. The standard InChI is InChI=1S/C36H34FN5O2/c1-18-9-27(28(37)14-26(18)35(38)43)21-5-6-22-12-32(40(30(22)11-21)15-20-3-4-20)34-19(2)29-8-7-23(17-42(29)39-34)36(44)41-16-25-10-24-13-31(41)33(24)25/h5-9,11-12,14,17,20,24-25,31,33H,3-4,10,13,15-16H2,1-2H3,(H2,38,43)/t24?,25?,31?,33-/m1/s1. The van der Waals surface area contributed by atoms with Gasteiger partial charge >= 0.3 is 0 Å². The number of fused-ring (bicyclic) bond motifs is 2. The van der Waals surface area contributed by atoms with E-state index in [1.54, 1.807) is 13.0 Å². The van der Waals surface area contributed by atoms with Crippen LogP contribution in [0.4, 0.5) is 4.39 Å². The number of hydrogen-bond acceptors (Lipinski definition) is 3. The first-order valence-electron chi connectivity index (χ1n) is 15.8. The Morgan fingerprint density at radius 2 is 1.84 bits per heavy atom. The highest BCUT2D eigenvalue weighted by Gasteiger charge is 2.61. The molecule has 1 aliphatic heterocycles. The van der Waals surface area contributed by atoms with Crippen molar-refractivity contribution in [3.8, 4) is 22.5 Å². The molecule has 3 aromatic heterocycles. The fourth-order valence-electron chi connectivity index (χ4n) is 8.45. The van der Waals surface area contributed by atoms with E-state index < -0.39 is 11.7 Å². The van der Waals surface area contributed by atoms with E-state index in [0.29, 0.717) is 34.6 Å². The predicted molar refractivity (Wildman–Crippen MR) is 167 cm³/mol. The molecule has 4 fully saturated rings. The molecule has 2 aromatic carbocycles. The van der Waals surface area contributed by atoms with Crippen molar-refractivity contribution >= 4 is 28.2 Å². The highest BCUT2D eigenvalue weighted by molar-refractivity contribution is 5.97. The molecule has 2 N–H and O–H groups in total. The van der Waals surface area contributed by atoms with Gasteiger partial charge in [-0.3, -0.25) is 9.59 Å². The van der Waals surface area contributed by atoms with Crippen LogP contribution in [0.5, 0.6) is 0 Å². The molecule has 9 rings (SSSR count). The van der Waals surface area contributed by atoms with E-state index in [1.807, 2.05) is 41.0 Å². The molecule has 4 atom stereocenters. The second-order valence-electron chi connectivity index (χ2n) is 13.7. The van der Waals surface area contributed by atoms with Gasteiger partial charge in [0.05, 0.1) is 16.8 Å². The maximum absolute atomic E-state index is 15.2. The molecular formula is C36H34FN5O2. The minimum absolute atomic E-state index is 0.126. The van der Waals surface area contributed by atoms with Gasteiger partial charge in [0.2, 0.25) is 5.91 Å². The number of carbonyl (C=O) groups is 2. The largest absolute Gasteiger partial charge is 0.366 e. The van der Waals surface area contributed by atoms with Crippen LogP contribution in [0.15, 0.2) is 54.7 Å². The minimum Gasteiger partial charge on any atom is -0.366 e. The second kappa shape index (κ2) is 9.03. The first-order chi connectivity index (χ1) is 21.2. The zero-order valence-corrected chi connectivity index (χ0v) is 24.9. The number of likely N-dealkylation sites (tertiary alicyclic amines) is 1. The van der Waals surface area contributed by atoms with Crippen LogP contribution in [0.1, 0.15) is 57.5 Å². The van der Waals surface area contributed by atoms with Crippen molar-refractivity contribution in [2.75, 3.05) is 6.54 Å². The van der Waals surface area contributed by atoms with Gasteiger partial charge in [-0.1, -0.05) is 12.1 Å². The van der Waals surface area contributed by atoms with Gasteiger partial charge < -0.3 is 15.2 Å². The van der Waals surface area contributed by atoms with Crippen LogP contribution in [0.3, 0.4) is 0 Å². The fourth-order valence-corrected chi connectivity index (χ4v) is 8.45. The number of nitrogens with zero attached hydrogens (tertiary/aromatic N) is 4. The van der Waals surface area contributed by atoms with E-state index in [1.165, 1.54) is 31.7 Å². The van der Waals surface area contributed by atoms with Gasteiger partial charge in [0.15, 0.2) is 0 Å². The van der Waals surface area contributed by atoms with Gasteiger partial charge in [-0.2, -0.15) is 5.10 Å². The number of hydrogen-bond donors (Lipinski definition) is 1. The molecule has 0 bridgehead atoms. The van der Waals surface area contributed by atoms with Crippen LogP contribution in [0, 0.1) is 43.3 Å².